The van der Waals surface area contributed by atoms with Gasteiger partial charge in [0.1, 0.15) is 29.1 Å². The molecule has 0 spiro atoms. The molecule has 6 heteroatoms. The number of hydrogen-bond donors (Lipinski definition) is 0. The molecule has 0 N–H and O–H groups in total. The number of para-hydroxylation sites is 4. The standard InChI is InChI=1S/C44H26BN3O2/c1-26-20-21-32-41(22-26)49-39-18-9-19-40-43(39)45(32)33-24-38(27(25-46)23-42(33)50-40)48-36-16-7-4-12-30(36)31-13-8-17-37(44(31)48)47-34-14-5-2-10-28(34)29-11-3-6-15-35(29)47/h2-24H,1H3. The van der Waals surface area contributed by atoms with Crippen molar-refractivity contribution >= 4 is 66.7 Å². The minimum Gasteiger partial charge on any atom is -0.458 e. The van der Waals surface area contributed by atoms with Crippen LogP contribution in [0, 0.1) is 18.3 Å². The van der Waals surface area contributed by atoms with E-state index < -0.39 is 0 Å². The maximum Gasteiger partial charge on any atom is 0.260 e. The molecule has 0 saturated carbocycles. The van der Waals surface area contributed by atoms with Crippen LogP contribution in [-0.2, 0) is 0 Å². The van der Waals surface area contributed by atoms with Crippen LogP contribution in [0.3, 0.4) is 0 Å². The number of hydrogen-bond acceptors (Lipinski definition) is 3. The molecule has 0 saturated heterocycles. The third-order valence-electron chi connectivity index (χ3n) is 10.5. The Hall–Kier alpha value is -6.71. The SMILES string of the molecule is Cc1ccc2c(c1)Oc1cccc3c1B2c1cc(-n2c4ccccc4c4cccc(-n5c6ccccc6c6ccccc65)c42)c(C#N)cc1O3. The minimum absolute atomic E-state index is 0.120. The summed E-state index contributed by atoms with van der Waals surface area (Å²) in [5, 5.41) is 15.5. The molecule has 7 aromatic carbocycles. The average molecular weight is 640 g/mol. The minimum atomic E-state index is -0.120. The van der Waals surface area contributed by atoms with Crippen LogP contribution < -0.4 is 25.9 Å². The maximum atomic E-state index is 10.8. The Morgan fingerprint density at radius 3 is 1.78 bits per heavy atom. The van der Waals surface area contributed by atoms with E-state index in [9.17, 15) is 5.26 Å². The van der Waals surface area contributed by atoms with Gasteiger partial charge in [0, 0.05) is 33.1 Å². The smallest absolute Gasteiger partial charge is 0.260 e. The first kappa shape index (κ1) is 27.3. The third kappa shape index (κ3) is 3.56. The molecule has 0 atom stereocenters. The number of rotatable bonds is 2. The van der Waals surface area contributed by atoms with Gasteiger partial charge in [0.2, 0.25) is 0 Å². The summed E-state index contributed by atoms with van der Waals surface area (Å²) < 4.78 is 17.7. The van der Waals surface area contributed by atoms with Gasteiger partial charge in [-0.3, -0.25) is 0 Å². The van der Waals surface area contributed by atoms with Crippen molar-refractivity contribution < 1.29 is 9.47 Å². The van der Waals surface area contributed by atoms with E-state index >= 15 is 0 Å². The van der Waals surface area contributed by atoms with Crippen LogP contribution in [0.2, 0.25) is 0 Å². The van der Waals surface area contributed by atoms with Gasteiger partial charge >= 0.3 is 0 Å². The van der Waals surface area contributed by atoms with Gasteiger partial charge in [0.25, 0.3) is 6.71 Å². The lowest BCUT2D eigenvalue weighted by molar-refractivity contribution is 0.464. The molecule has 50 heavy (non-hydrogen) atoms. The predicted molar refractivity (Wildman–Crippen MR) is 202 cm³/mol. The molecule has 0 fully saturated rings. The zero-order valence-corrected chi connectivity index (χ0v) is 27.0. The summed E-state index contributed by atoms with van der Waals surface area (Å²) in [5.41, 5.74) is 11.0. The monoisotopic (exact) mass is 639 g/mol. The highest BCUT2D eigenvalue weighted by molar-refractivity contribution is 6.98. The molecule has 0 unspecified atom stereocenters. The zero-order valence-electron chi connectivity index (χ0n) is 27.0. The summed E-state index contributed by atoms with van der Waals surface area (Å²) in [7, 11) is 0. The molecule has 11 rings (SSSR count). The third-order valence-corrected chi connectivity index (χ3v) is 10.5. The summed E-state index contributed by atoms with van der Waals surface area (Å²) in [6.07, 6.45) is 0. The van der Waals surface area contributed by atoms with Crippen LogP contribution in [0.5, 0.6) is 23.0 Å². The molecule has 0 radical (unpaired) electrons. The highest BCUT2D eigenvalue weighted by Crippen LogP contribution is 2.41. The Kier molecular flexibility index (Phi) is 5.41. The number of benzene rings is 7. The number of aryl methyl sites for hydroxylation is 1. The van der Waals surface area contributed by atoms with Crippen molar-refractivity contribution in [2.45, 2.75) is 6.92 Å². The first-order valence-electron chi connectivity index (χ1n) is 16.9. The van der Waals surface area contributed by atoms with Gasteiger partial charge in [0.05, 0.1) is 39.0 Å². The quantitative estimate of drug-likeness (QED) is 0.178. The van der Waals surface area contributed by atoms with Gasteiger partial charge in [-0.05, 0) is 71.9 Å². The maximum absolute atomic E-state index is 10.8. The number of aromatic nitrogens is 2. The predicted octanol–water partition coefficient (Wildman–Crippen LogP) is 8.79. The van der Waals surface area contributed by atoms with Gasteiger partial charge < -0.3 is 18.6 Å². The highest BCUT2D eigenvalue weighted by Gasteiger charge is 2.40. The molecular formula is C44H26BN3O2. The first-order valence-corrected chi connectivity index (χ1v) is 16.9. The molecule has 9 aromatic rings. The van der Waals surface area contributed by atoms with Gasteiger partial charge in [0.15, 0.2) is 0 Å². The van der Waals surface area contributed by atoms with Crippen LogP contribution in [0.1, 0.15) is 11.1 Å². The summed E-state index contributed by atoms with van der Waals surface area (Å²) in [6, 6.07) is 51.2. The van der Waals surface area contributed by atoms with Crippen LogP contribution in [0.15, 0.2) is 140 Å². The van der Waals surface area contributed by atoms with E-state index in [4.69, 9.17) is 9.47 Å². The topological polar surface area (TPSA) is 52.1 Å². The van der Waals surface area contributed by atoms with Crippen molar-refractivity contribution in [2.24, 2.45) is 0 Å². The molecule has 4 heterocycles. The van der Waals surface area contributed by atoms with E-state index in [1.54, 1.807) is 0 Å². The Morgan fingerprint density at radius 1 is 0.520 bits per heavy atom. The number of fused-ring (bicyclic) bond motifs is 10. The van der Waals surface area contributed by atoms with Gasteiger partial charge in [-0.25, -0.2) is 0 Å². The van der Waals surface area contributed by atoms with Crippen LogP contribution in [-0.4, -0.2) is 15.8 Å². The van der Waals surface area contributed by atoms with E-state index in [1.165, 1.54) is 10.8 Å². The summed E-state index contributed by atoms with van der Waals surface area (Å²) >= 11 is 0. The molecule has 2 aliphatic rings. The molecule has 2 aliphatic heterocycles. The molecule has 2 aromatic heterocycles. The van der Waals surface area contributed by atoms with Crippen LogP contribution in [0.25, 0.3) is 55.0 Å². The largest absolute Gasteiger partial charge is 0.458 e. The number of nitriles is 1. The van der Waals surface area contributed by atoms with Crippen molar-refractivity contribution in [1.29, 1.82) is 5.26 Å². The van der Waals surface area contributed by atoms with Crippen molar-refractivity contribution in [1.82, 2.24) is 9.13 Å². The van der Waals surface area contributed by atoms with Gasteiger partial charge in [-0.15, -0.1) is 0 Å². The normalized spacial score (nSPS) is 12.8. The fourth-order valence-electron chi connectivity index (χ4n) is 8.46. The lowest BCUT2D eigenvalue weighted by Gasteiger charge is -2.33. The number of nitrogens with zero attached hydrogens (tertiary/aromatic N) is 3. The van der Waals surface area contributed by atoms with Crippen molar-refractivity contribution in [3.8, 4) is 40.4 Å². The fourth-order valence-corrected chi connectivity index (χ4v) is 8.46. The molecule has 0 aliphatic carbocycles. The summed E-state index contributed by atoms with van der Waals surface area (Å²) in [5.74, 6) is 3.10. The zero-order chi connectivity index (χ0) is 33.1. The molecule has 0 amide bonds. The van der Waals surface area contributed by atoms with Crippen molar-refractivity contribution in [3.63, 3.8) is 0 Å². The van der Waals surface area contributed by atoms with E-state index in [2.05, 4.69) is 137 Å². The Bertz CT molecular complexity index is 2930. The van der Waals surface area contributed by atoms with Crippen molar-refractivity contribution in [3.05, 3.63) is 151 Å². The average Bonchev–Trinajstić information content (AvgIpc) is 3.67. The molecular weight excluding hydrogens is 613 g/mol. The molecule has 0 bridgehead atoms. The molecule has 232 valence electrons. The lowest BCUT2D eigenvalue weighted by Crippen LogP contribution is -2.57. The second kappa shape index (κ2) is 9.91. The van der Waals surface area contributed by atoms with Crippen LogP contribution >= 0.6 is 0 Å². The highest BCUT2D eigenvalue weighted by atomic mass is 16.5. The van der Waals surface area contributed by atoms with E-state index in [0.29, 0.717) is 11.3 Å². The summed E-state index contributed by atoms with van der Waals surface area (Å²) in [6.45, 7) is 1.97. The van der Waals surface area contributed by atoms with E-state index in [1.807, 2.05) is 24.3 Å². The van der Waals surface area contributed by atoms with E-state index in [-0.39, 0.29) is 6.71 Å². The van der Waals surface area contributed by atoms with Gasteiger partial charge in [-0.1, -0.05) is 84.9 Å². The van der Waals surface area contributed by atoms with Gasteiger partial charge in [-0.2, -0.15) is 5.26 Å². The Labute approximate surface area is 287 Å². The lowest BCUT2D eigenvalue weighted by atomic mass is 9.34. The Balaban J connectivity index is 1.26. The van der Waals surface area contributed by atoms with E-state index in [0.717, 1.165) is 83.4 Å². The van der Waals surface area contributed by atoms with Crippen LogP contribution in [0.4, 0.5) is 0 Å². The first-order chi connectivity index (χ1) is 24.7. The number of ether oxygens (including phenoxy) is 2. The van der Waals surface area contributed by atoms with Crippen molar-refractivity contribution in [2.75, 3.05) is 0 Å². The fraction of sp³-hybridized carbons (Fsp3) is 0.0227. The summed E-state index contributed by atoms with van der Waals surface area (Å²) in [4.78, 5) is 0. The second-order valence-corrected chi connectivity index (χ2v) is 13.3. The molecule has 5 nitrogen and oxygen atoms in total. The second-order valence-electron chi connectivity index (χ2n) is 13.3. The Morgan fingerprint density at radius 2 is 1.10 bits per heavy atom.